The van der Waals surface area contributed by atoms with Crippen LogP contribution in [0.2, 0.25) is 0 Å². The topological polar surface area (TPSA) is 45.4 Å². The number of hydrogen-bond acceptors (Lipinski definition) is 4. The molecule has 0 spiro atoms. The molecule has 0 aliphatic carbocycles. The number of pyridine rings is 1. The van der Waals surface area contributed by atoms with Crippen LogP contribution in [-0.4, -0.2) is 48.1 Å². The minimum Gasteiger partial charge on any atom is -0.389 e. The van der Waals surface area contributed by atoms with Crippen LogP contribution in [0.4, 0.5) is 5.82 Å². The van der Waals surface area contributed by atoms with Crippen LogP contribution in [-0.2, 0) is 0 Å². The molecule has 18 heavy (non-hydrogen) atoms. The Bertz CT molecular complexity index is 446. The molecule has 2 heterocycles. The Morgan fingerprint density at radius 1 is 1.50 bits per heavy atom. The molecule has 0 radical (unpaired) electrons. The number of nitrogens with zero attached hydrogens (tertiary/aromatic N) is 3. The van der Waals surface area contributed by atoms with E-state index in [-0.39, 0.29) is 0 Å². The van der Waals surface area contributed by atoms with E-state index in [4.69, 9.17) is 18.0 Å². The molecule has 0 aromatic carbocycles. The van der Waals surface area contributed by atoms with Crippen molar-refractivity contribution in [3.63, 3.8) is 0 Å². The first kappa shape index (κ1) is 13.2. The van der Waals surface area contributed by atoms with Gasteiger partial charge in [0, 0.05) is 25.3 Å². The molecule has 2 N–H and O–H groups in total. The van der Waals surface area contributed by atoms with Crippen molar-refractivity contribution in [3.05, 3.63) is 23.9 Å². The Balaban J connectivity index is 2.26. The molecular formula is C13H20N4S. The van der Waals surface area contributed by atoms with Gasteiger partial charge in [-0.2, -0.15) is 0 Å². The molecule has 2 atom stereocenters. The third-order valence-corrected chi connectivity index (χ3v) is 3.81. The highest BCUT2D eigenvalue weighted by molar-refractivity contribution is 7.80. The average Bonchev–Trinajstić information content (AvgIpc) is 2.71. The lowest BCUT2D eigenvalue weighted by Crippen LogP contribution is -2.34. The number of nitrogens with two attached hydrogens (primary N) is 1. The summed E-state index contributed by atoms with van der Waals surface area (Å²) in [6.07, 6.45) is 1.80. The second kappa shape index (κ2) is 5.20. The average molecular weight is 264 g/mol. The number of rotatable bonds is 3. The number of hydrogen-bond donors (Lipinski definition) is 1. The normalized spacial score (nSPS) is 23.7. The van der Waals surface area contributed by atoms with Crippen molar-refractivity contribution >= 4 is 23.0 Å². The standard InChI is InChI=1S/C13H20N4S/c1-9-7-17(8-11(9)16(2)3)13-10(12(14)18)5-4-6-15-13/h4-6,9,11H,7-8H2,1-3H3,(H2,14,18). The van der Waals surface area contributed by atoms with Crippen molar-refractivity contribution in [1.29, 1.82) is 0 Å². The molecule has 2 rings (SSSR count). The van der Waals surface area contributed by atoms with E-state index in [1.54, 1.807) is 6.20 Å². The van der Waals surface area contributed by atoms with Gasteiger partial charge in [0.15, 0.2) is 0 Å². The van der Waals surface area contributed by atoms with E-state index in [1.165, 1.54) is 0 Å². The Kier molecular flexibility index (Phi) is 3.82. The van der Waals surface area contributed by atoms with Gasteiger partial charge in [0.05, 0.1) is 5.56 Å². The van der Waals surface area contributed by atoms with Crippen LogP contribution in [0, 0.1) is 5.92 Å². The second-order valence-corrected chi connectivity index (χ2v) is 5.59. The minimum atomic E-state index is 0.416. The SMILES string of the molecule is CC1CN(c2ncccc2C(N)=S)CC1N(C)C. The Morgan fingerprint density at radius 2 is 2.22 bits per heavy atom. The fourth-order valence-electron chi connectivity index (χ4n) is 2.64. The van der Waals surface area contributed by atoms with E-state index in [9.17, 15) is 0 Å². The largest absolute Gasteiger partial charge is 0.389 e. The molecular weight excluding hydrogens is 244 g/mol. The summed E-state index contributed by atoms with van der Waals surface area (Å²) in [5, 5.41) is 0. The highest BCUT2D eigenvalue weighted by Crippen LogP contribution is 2.26. The summed E-state index contributed by atoms with van der Waals surface area (Å²) in [6.45, 7) is 4.24. The fraction of sp³-hybridized carbons (Fsp3) is 0.538. The molecule has 4 nitrogen and oxygen atoms in total. The van der Waals surface area contributed by atoms with Crippen molar-refractivity contribution in [2.24, 2.45) is 11.7 Å². The molecule has 5 heteroatoms. The van der Waals surface area contributed by atoms with E-state index in [0.29, 0.717) is 16.9 Å². The second-order valence-electron chi connectivity index (χ2n) is 5.15. The molecule has 98 valence electrons. The van der Waals surface area contributed by atoms with Gasteiger partial charge in [-0.05, 0) is 32.1 Å². The third kappa shape index (κ3) is 2.47. The summed E-state index contributed by atoms with van der Waals surface area (Å²) in [6, 6.07) is 4.37. The lowest BCUT2D eigenvalue weighted by molar-refractivity contribution is 0.266. The van der Waals surface area contributed by atoms with Crippen LogP contribution < -0.4 is 10.6 Å². The Labute approximate surface area is 114 Å². The number of thiocarbonyl (C=S) groups is 1. The van der Waals surface area contributed by atoms with Gasteiger partial charge < -0.3 is 15.5 Å². The molecule has 1 aliphatic rings. The predicted octanol–water partition coefficient (Wildman–Crippen LogP) is 1.10. The summed E-state index contributed by atoms with van der Waals surface area (Å²) >= 11 is 5.10. The van der Waals surface area contributed by atoms with Crippen molar-refractivity contribution < 1.29 is 0 Å². The van der Waals surface area contributed by atoms with Crippen LogP contribution in [0.25, 0.3) is 0 Å². The molecule has 1 fully saturated rings. The van der Waals surface area contributed by atoms with Crippen LogP contribution in [0.3, 0.4) is 0 Å². The van der Waals surface area contributed by atoms with E-state index in [1.807, 2.05) is 12.1 Å². The molecule has 1 aromatic rings. The lowest BCUT2D eigenvalue weighted by Gasteiger charge is -2.23. The maximum Gasteiger partial charge on any atom is 0.138 e. The van der Waals surface area contributed by atoms with Crippen LogP contribution >= 0.6 is 12.2 Å². The van der Waals surface area contributed by atoms with Gasteiger partial charge in [0.1, 0.15) is 10.8 Å². The zero-order valence-corrected chi connectivity index (χ0v) is 11.9. The van der Waals surface area contributed by atoms with Gasteiger partial charge >= 0.3 is 0 Å². The molecule has 0 amide bonds. The molecule has 2 unspecified atom stereocenters. The molecule has 1 saturated heterocycles. The minimum absolute atomic E-state index is 0.416. The first-order valence-electron chi connectivity index (χ1n) is 6.17. The summed E-state index contributed by atoms with van der Waals surface area (Å²) < 4.78 is 0. The van der Waals surface area contributed by atoms with Gasteiger partial charge in [-0.15, -0.1) is 0 Å². The van der Waals surface area contributed by atoms with E-state index >= 15 is 0 Å². The van der Waals surface area contributed by atoms with Crippen molar-refractivity contribution in [1.82, 2.24) is 9.88 Å². The molecule has 0 saturated carbocycles. The summed E-state index contributed by atoms with van der Waals surface area (Å²) in [7, 11) is 4.25. The van der Waals surface area contributed by atoms with Crippen molar-refractivity contribution in [3.8, 4) is 0 Å². The van der Waals surface area contributed by atoms with Crippen molar-refractivity contribution in [2.75, 3.05) is 32.1 Å². The van der Waals surface area contributed by atoms with Gasteiger partial charge in [-0.3, -0.25) is 0 Å². The third-order valence-electron chi connectivity index (χ3n) is 3.59. The first-order chi connectivity index (χ1) is 8.50. The number of likely N-dealkylation sites (N-methyl/N-ethyl adjacent to an activating group) is 1. The zero-order chi connectivity index (χ0) is 13.3. The molecule has 1 aromatic heterocycles. The highest BCUT2D eigenvalue weighted by atomic mass is 32.1. The molecule has 0 bridgehead atoms. The van der Waals surface area contributed by atoms with Crippen LogP contribution in [0.15, 0.2) is 18.3 Å². The van der Waals surface area contributed by atoms with Gasteiger partial charge in [-0.1, -0.05) is 19.1 Å². The Morgan fingerprint density at radius 3 is 2.78 bits per heavy atom. The maximum absolute atomic E-state index is 5.77. The van der Waals surface area contributed by atoms with Crippen LogP contribution in [0.5, 0.6) is 0 Å². The summed E-state index contributed by atoms with van der Waals surface area (Å²) in [5.74, 6) is 1.53. The quantitative estimate of drug-likeness (QED) is 0.828. The maximum atomic E-state index is 5.77. The summed E-state index contributed by atoms with van der Waals surface area (Å²) in [5.41, 5.74) is 6.64. The summed E-state index contributed by atoms with van der Waals surface area (Å²) in [4.78, 5) is 9.42. The Hall–Kier alpha value is -1.20. The number of anilines is 1. The van der Waals surface area contributed by atoms with Crippen LogP contribution in [0.1, 0.15) is 12.5 Å². The zero-order valence-electron chi connectivity index (χ0n) is 11.1. The van der Waals surface area contributed by atoms with E-state index in [0.717, 1.165) is 24.5 Å². The highest BCUT2D eigenvalue weighted by Gasteiger charge is 2.32. The van der Waals surface area contributed by atoms with Gasteiger partial charge in [0.25, 0.3) is 0 Å². The predicted molar refractivity (Wildman–Crippen MR) is 79.0 cm³/mol. The van der Waals surface area contributed by atoms with Gasteiger partial charge in [-0.25, -0.2) is 4.98 Å². The monoisotopic (exact) mass is 264 g/mol. The van der Waals surface area contributed by atoms with E-state index < -0.39 is 0 Å². The number of aromatic nitrogens is 1. The van der Waals surface area contributed by atoms with Gasteiger partial charge in [0.2, 0.25) is 0 Å². The smallest absolute Gasteiger partial charge is 0.138 e. The first-order valence-corrected chi connectivity index (χ1v) is 6.57. The van der Waals surface area contributed by atoms with E-state index in [2.05, 4.69) is 35.8 Å². The fourth-order valence-corrected chi connectivity index (χ4v) is 2.80. The lowest BCUT2D eigenvalue weighted by atomic mass is 10.1. The van der Waals surface area contributed by atoms with Crippen molar-refractivity contribution in [2.45, 2.75) is 13.0 Å². The molecule has 1 aliphatic heterocycles.